The molecular formula is C14H20N4S. The summed E-state index contributed by atoms with van der Waals surface area (Å²) < 4.78 is 0. The molecule has 0 aromatic carbocycles. The van der Waals surface area contributed by atoms with Crippen LogP contribution >= 0.6 is 12.2 Å². The lowest BCUT2D eigenvalue weighted by Crippen LogP contribution is -2.65. The zero-order chi connectivity index (χ0) is 13.1. The molecule has 0 spiro atoms. The van der Waals surface area contributed by atoms with Crippen LogP contribution in [-0.2, 0) is 6.54 Å². The summed E-state index contributed by atoms with van der Waals surface area (Å²) in [6.45, 7) is 0.782. The Morgan fingerprint density at radius 1 is 1.26 bits per heavy atom. The van der Waals surface area contributed by atoms with Gasteiger partial charge >= 0.3 is 0 Å². The maximum atomic E-state index is 5.30. The number of fused-ring (bicyclic) bond motifs is 1. The van der Waals surface area contributed by atoms with Crippen LogP contribution in [0, 0.1) is 5.92 Å². The van der Waals surface area contributed by atoms with Crippen LogP contribution in [0.5, 0.6) is 0 Å². The third-order valence-corrected chi connectivity index (χ3v) is 4.32. The van der Waals surface area contributed by atoms with E-state index in [0.717, 1.165) is 17.4 Å². The molecule has 1 saturated carbocycles. The van der Waals surface area contributed by atoms with Crippen LogP contribution in [0.3, 0.4) is 0 Å². The average molecular weight is 276 g/mol. The predicted octanol–water partition coefficient (Wildman–Crippen LogP) is 1.53. The van der Waals surface area contributed by atoms with Crippen LogP contribution in [0.4, 0.5) is 0 Å². The maximum Gasteiger partial charge on any atom is 0.167 e. The third kappa shape index (κ3) is 3.04. The van der Waals surface area contributed by atoms with Gasteiger partial charge in [-0.2, -0.15) is 0 Å². The Kier molecular flexibility index (Phi) is 3.94. The molecule has 1 aromatic rings. The van der Waals surface area contributed by atoms with E-state index in [-0.39, 0.29) is 6.17 Å². The second kappa shape index (κ2) is 5.84. The van der Waals surface area contributed by atoms with Crippen molar-refractivity contribution in [1.29, 1.82) is 0 Å². The minimum absolute atomic E-state index is 0.265. The van der Waals surface area contributed by atoms with Gasteiger partial charge in [-0.25, -0.2) is 0 Å². The maximum absolute atomic E-state index is 5.30. The molecule has 0 bridgehead atoms. The molecule has 1 aliphatic heterocycles. The predicted molar refractivity (Wildman–Crippen MR) is 79.5 cm³/mol. The summed E-state index contributed by atoms with van der Waals surface area (Å²) in [6.07, 6.45) is 7.21. The van der Waals surface area contributed by atoms with Crippen molar-refractivity contribution < 1.29 is 0 Å². The van der Waals surface area contributed by atoms with Crippen LogP contribution in [0.2, 0.25) is 0 Å². The highest BCUT2D eigenvalue weighted by Crippen LogP contribution is 2.28. The molecular weight excluding hydrogens is 256 g/mol. The van der Waals surface area contributed by atoms with Crippen molar-refractivity contribution in [3.63, 3.8) is 0 Å². The Hall–Kier alpha value is -1.20. The molecule has 1 saturated heterocycles. The van der Waals surface area contributed by atoms with Crippen molar-refractivity contribution >= 4 is 17.3 Å². The van der Waals surface area contributed by atoms with Gasteiger partial charge in [-0.3, -0.25) is 10.3 Å². The van der Waals surface area contributed by atoms with Gasteiger partial charge in [0, 0.05) is 24.7 Å². The first-order valence-electron chi connectivity index (χ1n) is 7.03. The van der Waals surface area contributed by atoms with E-state index in [4.69, 9.17) is 12.2 Å². The molecule has 19 heavy (non-hydrogen) atoms. The minimum atomic E-state index is 0.265. The number of aromatic nitrogens is 1. The van der Waals surface area contributed by atoms with Crippen molar-refractivity contribution in [3.05, 3.63) is 30.1 Å². The zero-order valence-electron chi connectivity index (χ0n) is 10.9. The van der Waals surface area contributed by atoms with Crippen LogP contribution in [0.15, 0.2) is 24.4 Å². The molecule has 4 nitrogen and oxygen atoms in total. The van der Waals surface area contributed by atoms with Crippen molar-refractivity contribution in [2.75, 3.05) is 0 Å². The van der Waals surface area contributed by atoms with Crippen molar-refractivity contribution in [3.8, 4) is 0 Å². The Morgan fingerprint density at radius 3 is 3.00 bits per heavy atom. The zero-order valence-corrected chi connectivity index (χ0v) is 11.7. The number of nitrogens with zero attached hydrogens (tertiary/aromatic N) is 1. The molecule has 0 amide bonds. The standard InChI is InChI=1S/C14H20N4S/c19-14-17-12-7-2-1-6-11(12)13(18-14)16-9-10-5-3-4-8-15-10/h3-5,8,11-13,16H,1-2,6-7,9H2,(H2,17,18,19). The highest BCUT2D eigenvalue weighted by Gasteiger charge is 2.36. The molecule has 3 rings (SSSR count). The molecule has 3 unspecified atom stereocenters. The van der Waals surface area contributed by atoms with E-state index in [1.165, 1.54) is 25.7 Å². The molecule has 102 valence electrons. The first kappa shape index (κ1) is 12.8. The molecule has 3 N–H and O–H groups in total. The van der Waals surface area contributed by atoms with Crippen LogP contribution < -0.4 is 16.0 Å². The number of hydrogen-bond acceptors (Lipinski definition) is 3. The normalized spacial score (nSPS) is 30.1. The number of thiocarbonyl (C=S) groups is 1. The van der Waals surface area contributed by atoms with Gasteiger partial charge in [-0.15, -0.1) is 0 Å². The second-order valence-corrected chi connectivity index (χ2v) is 5.76. The number of rotatable bonds is 3. The summed E-state index contributed by atoms with van der Waals surface area (Å²) in [4.78, 5) is 4.35. The third-order valence-electron chi connectivity index (χ3n) is 4.08. The first-order chi connectivity index (χ1) is 9.33. The van der Waals surface area contributed by atoms with E-state index in [0.29, 0.717) is 12.0 Å². The van der Waals surface area contributed by atoms with E-state index in [1.54, 1.807) is 0 Å². The lowest BCUT2D eigenvalue weighted by atomic mass is 9.81. The van der Waals surface area contributed by atoms with Gasteiger partial charge in [0.15, 0.2) is 5.11 Å². The van der Waals surface area contributed by atoms with Crippen molar-refractivity contribution in [2.24, 2.45) is 5.92 Å². The fraction of sp³-hybridized carbons (Fsp3) is 0.571. The van der Waals surface area contributed by atoms with Crippen LogP contribution in [0.1, 0.15) is 31.4 Å². The van der Waals surface area contributed by atoms with E-state index >= 15 is 0 Å². The largest absolute Gasteiger partial charge is 0.360 e. The van der Waals surface area contributed by atoms with E-state index in [9.17, 15) is 0 Å². The summed E-state index contributed by atoms with van der Waals surface area (Å²) >= 11 is 5.30. The summed E-state index contributed by atoms with van der Waals surface area (Å²) in [5.41, 5.74) is 1.07. The van der Waals surface area contributed by atoms with E-state index in [2.05, 4.69) is 20.9 Å². The van der Waals surface area contributed by atoms with Crippen molar-refractivity contribution in [2.45, 2.75) is 44.4 Å². The monoisotopic (exact) mass is 276 g/mol. The van der Waals surface area contributed by atoms with Gasteiger partial charge < -0.3 is 10.6 Å². The summed E-state index contributed by atoms with van der Waals surface area (Å²) in [6, 6.07) is 6.54. The van der Waals surface area contributed by atoms with Gasteiger partial charge in [0.25, 0.3) is 0 Å². The molecule has 0 radical (unpaired) electrons. The van der Waals surface area contributed by atoms with Gasteiger partial charge in [0.05, 0.1) is 11.9 Å². The SMILES string of the molecule is S=C1NC2CCCCC2C(NCc2ccccn2)N1. The lowest BCUT2D eigenvalue weighted by Gasteiger charge is -2.43. The molecule has 1 aliphatic carbocycles. The fourth-order valence-corrected chi connectivity index (χ4v) is 3.39. The highest BCUT2D eigenvalue weighted by atomic mass is 32.1. The lowest BCUT2D eigenvalue weighted by molar-refractivity contribution is 0.188. The molecule has 5 heteroatoms. The van der Waals surface area contributed by atoms with E-state index in [1.807, 2.05) is 24.4 Å². The second-order valence-electron chi connectivity index (χ2n) is 5.35. The van der Waals surface area contributed by atoms with Crippen molar-refractivity contribution in [1.82, 2.24) is 20.9 Å². The van der Waals surface area contributed by atoms with Crippen LogP contribution in [-0.4, -0.2) is 22.3 Å². The molecule has 2 aliphatic rings. The average Bonchev–Trinajstić information content (AvgIpc) is 2.45. The fourth-order valence-electron chi connectivity index (χ4n) is 3.12. The highest BCUT2D eigenvalue weighted by molar-refractivity contribution is 7.80. The summed E-state index contributed by atoms with van der Waals surface area (Å²) in [5, 5.41) is 11.1. The first-order valence-corrected chi connectivity index (χ1v) is 7.44. The molecule has 2 heterocycles. The Labute approximate surface area is 119 Å². The quantitative estimate of drug-likeness (QED) is 0.731. The molecule has 2 fully saturated rings. The van der Waals surface area contributed by atoms with E-state index < -0.39 is 0 Å². The molecule has 3 atom stereocenters. The smallest absolute Gasteiger partial charge is 0.167 e. The van der Waals surface area contributed by atoms with Gasteiger partial charge in [-0.1, -0.05) is 18.9 Å². The minimum Gasteiger partial charge on any atom is -0.360 e. The Bertz CT molecular complexity index is 436. The number of pyridine rings is 1. The van der Waals surface area contributed by atoms with Crippen LogP contribution in [0.25, 0.3) is 0 Å². The van der Waals surface area contributed by atoms with Gasteiger partial charge in [0.2, 0.25) is 0 Å². The Morgan fingerprint density at radius 2 is 2.16 bits per heavy atom. The number of hydrogen-bond donors (Lipinski definition) is 3. The molecule has 1 aromatic heterocycles. The van der Waals surface area contributed by atoms with Gasteiger partial charge in [-0.05, 0) is 37.2 Å². The Balaban J connectivity index is 1.63. The summed E-state index contributed by atoms with van der Waals surface area (Å²) in [7, 11) is 0. The number of nitrogens with one attached hydrogen (secondary N) is 3. The topological polar surface area (TPSA) is 49.0 Å². The van der Waals surface area contributed by atoms with Gasteiger partial charge in [0.1, 0.15) is 0 Å². The summed E-state index contributed by atoms with van der Waals surface area (Å²) in [5.74, 6) is 0.615.